The molecule has 0 bridgehead atoms. The van der Waals surface area contributed by atoms with Gasteiger partial charge in [-0.25, -0.2) is 0 Å². The Morgan fingerprint density at radius 1 is 0.893 bits per heavy atom. The summed E-state index contributed by atoms with van der Waals surface area (Å²) in [5.74, 6) is -3.44. The highest BCUT2D eigenvalue weighted by Gasteiger charge is 2.29. The van der Waals surface area contributed by atoms with Gasteiger partial charge in [0.05, 0.1) is 12.6 Å². The largest absolute Gasteiger partial charge is 0.480 e. The fourth-order valence-electron chi connectivity index (χ4n) is 2.17. The van der Waals surface area contributed by atoms with Crippen molar-refractivity contribution in [2.75, 3.05) is 13.2 Å². The molecular weight excluding hydrogens is 370 g/mol. The number of nitrogens with two attached hydrogens (primary N) is 2. The van der Waals surface area contributed by atoms with Crippen LogP contribution in [-0.2, 0) is 19.2 Å². The van der Waals surface area contributed by atoms with Gasteiger partial charge in [0.15, 0.2) is 0 Å². The maximum Gasteiger partial charge on any atom is 0.325 e. The summed E-state index contributed by atoms with van der Waals surface area (Å²) in [7, 11) is 0. The summed E-state index contributed by atoms with van der Waals surface area (Å²) >= 11 is 0. The Kier molecular flexibility index (Phi) is 12.0. The summed E-state index contributed by atoms with van der Waals surface area (Å²) in [6.45, 7) is 4.47. The van der Waals surface area contributed by atoms with Gasteiger partial charge in [0.2, 0.25) is 17.7 Å². The van der Waals surface area contributed by atoms with E-state index in [9.17, 15) is 24.3 Å². The topological polar surface area (TPSA) is 197 Å². The van der Waals surface area contributed by atoms with Crippen LogP contribution in [-0.4, -0.2) is 71.2 Å². The minimum atomic E-state index is -1.36. The number of hydrogen-bond donors (Lipinski definition) is 7. The lowest BCUT2D eigenvalue weighted by Gasteiger charge is -2.24. The average Bonchev–Trinajstić information content (AvgIpc) is 2.63. The highest BCUT2D eigenvalue weighted by atomic mass is 16.4. The van der Waals surface area contributed by atoms with Crippen molar-refractivity contribution in [3.05, 3.63) is 0 Å². The lowest BCUT2D eigenvalue weighted by atomic mass is 10.0. The van der Waals surface area contributed by atoms with E-state index in [1.54, 1.807) is 13.8 Å². The lowest BCUT2D eigenvalue weighted by molar-refractivity contribution is -0.142. The molecule has 0 saturated carbocycles. The average molecular weight is 403 g/mol. The molecule has 0 aliphatic carbocycles. The predicted molar refractivity (Wildman–Crippen MR) is 102 cm³/mol. The van der Waals surface area contributed by atoms with Crippen molar-refractivity contribution in [1.29, 1.82) is 0 Å². The molecule has 0 rings (SSSR count). The van der Waals surface area contributed by atoms with Gasteiger partial charge in [-0.1, -0.05) is 13.8 Å². The van der Waals surface area contributed by atoms with Crippen LogP contribution in [0.25, 0.3) is 0 Å². The molecule has 11 heteroatoms. The molecule has 0 aliphatic heterocycles. The lowest BCUT2D eigenvalue weighted by Crippen LogP contribution is -2.58. The second-order valence-corrected chi connectivity index (χ2v) is 6.93. The molecule has 0 aromatic rings. The third-order valence-electron chi connectivity index (χ3n) is 4.15. The van der Waals surface area contributed by atoms with E-state index in [1.807, 2.05) is 0 Å². The first-order valence-corrected chi connectivity index (χ1v) is 9.25. The van der Waals surface area contributed by atoms with Crippen LogP contribution in [0.4, 0.5) is 0 Å². The van der Waals surface area contributed by atoms with Gasteiger partial charge in [-0.3, -0.25) is 19.2 Å². The molecule has 11 nitrogen and oxygen atoms in total. The van der Waals surface area contributed by atoms with E-state index in [2.05, 4.69) is 16.0 Å². The standard InChI is InChI=1S/C17H33N5O6/c1-9(2)13(19)16(26)21-11(6-4-5-7-18)14(24)22-12(8-23)15(25)20-10(3)17(27)28/h9-13,23H,4-8,18-19H2,1-3H3,(H,20,25)(H,21,26)(H,22,24)(H,27,28). The van der Waals surface area contributed by atoms with Crippen LogP contribution >= 0.6 is 0 Å². The number of hydrogen-bond acceptors (Lipinski definition) is 7. The third kappa shape index (κ3) is 9.11. The number of carbonyl (C=O) groups is 4. The minimum absolute atomic E-state index is 0.138. The van der Waals surface area contributed by atoms with Crippen LogP contribution in [0.5, 0.6) is 0 Å². The summed E-state index contributed by atoms with van der Waals surface area (Å²) in [4.78, 5) is 47.6. The number of carbonyl (C=O) groups excluding carboxylic acids is 3. The number of aliphatic hydroxyl groups is 1. The molecular formula is C17H33N5O6. The summed E-state index contributed by atoms with van der Waals surface area (Å²) in [5, 5.41) is 25.3. The molecule has 162 valence electrons. The Morgan fingerprint density at radius 3 is 1.89 bits per heavy atom. The number of unbranched alkanes of at least 4 members (excludes halogenated alkanes) is 1. The zero-order valence-corrected chi connectivity index (χ0v) is 16.6. The second-order valence-electron chi connectivity index (χ2n) is 6.93. The predicted octanol–water partition coefficient (Wildman–Crippen LogP) is -2.35. The number of aliphatic carboxylic acids is 1. The number of carboxylic acid groups (broad SMARTS) is 1. The zero-order valence-electron chi connectivity index (χ0n) is 16.6. The Hall–Kier alpha value is -2.24. The van der Waals surface area contributed by atoms with Gasteiger partial charge >= 0.3 is 5.97 Å². The van der Waals surface area contributed by atoms with Crippen LogP contribution in [0.1, 0.15) is 40.0 Å². The summed E-state index contributed by atoms with van der Waals surface area (Å²) in [6.07, 6.45) is 1.46. The maximum atomic E-state index is 12.6. The highest BCUT2D eigenvalue weighted by Crippen LogP contribution is 2.05. The molecule has 9 N–H and O–H groups in total. The number of aliphatic hydroxyl groups excluding tert-OH is 1. The van der Waals surface area contributed by atoms with Gasteiger partial charge in [0.25, 0.3) is 0 Å². The van der Waals surface area contributed by atoms with Crippen LogP contribution in [0, 0.1) is 5.92 Å². The first-order valence-electron chi connectivity index (χ1n) is 9.25. The first-order chi connectivity index (χ1) is 13.0. The molecule has 0 radical (unpaired) electrons. The molecule has 0 saturated heterocycles. The van der Waals surface area contributed by atoms with Crippen molar-refractivity contribution in [2.45, 2.75) is 64.2 Å². The fourth-order valence-corrected chi connectivity index (χ4v) is 2.17. The zero-order chi connectivity index (χ0) is 21.9. The van der Waals surface area contributed by atoms with E-state index in [4.69, 9.17) is 16.6 Å². The highest BCUT2D eigenvalue weighted by molar-refractivity contribution is 5.94. The van der Waals surface area contributed by atoms with Crippen LogP contribution in [0.15, 0.2) is 0 Å². The molecule has 0 aliphatic rings. The maximum absolute atomic E-state index is 12.6. The van der Waals surface area contributed by atoms with E-state index in [0.717, 1.165) is 0 Å². The second kappa shape index (κ2) is 13.0. The number of nitrogens with one attached hydrogen (secondary N) is 3. The van der Waals surface area contributed by atoms with Gasteiger partial charge in [-0.05, 0) is 38.6 Å². The smallest absolute Gasteiger partial charge is 0.325 e. The van der Waals surface area contributed by atoms with E-state index >= 15 is 0 Å². The molecule has 4 atom stereocenters. The molecule has 28 heavy (non-hydrogen) atoms. The van der Waals surface area contributed by atoms with Crippen molar-refractivity contribution >= 4 is 23.7 Å². The van der Waals surface area contributed by atoms with E-state index in [0.29, 0.717) is 19.4 Å². The Balaban J connectivity index is 5.09. The number of carboxylic acids is 1. The van der Waals surface area contributed by atoms with Gasteiger partial charge in [0.1, 0.15) is 18.1 Å². The van der Waals surface area contributed by atoms with Crippen LogP contribution in [0.2, 0.25) is 0 Å². The van der Waals surface area contributed by atoms with Crippen molar-refractivity contribution < 1.29 is 29.4 Å². The molecule has 0 fully saturated rings. The fraction of sp³-hybridized carbons (Fsp3) is 0.765. The van der Waals surface area contributed by atoms with Gasteiger partial charge in [0, 0.05) is 0 Å². The SMILES string of the molecule is CC(NC(=O)C(CO)NC(=O)C(CCCCN)NC(=O)C(N)C(C)C)C(=O)O. The quantitative estimate of drug-likeness (QED) is 0.166. The number of amides is 3. The normalized spacial score (nSPS) is 15.2. The van der Waals surface area contributed by atoms with Crippen molar-refractivity contribution in [3.8, 4) is 0 Å². The summed E-state index contributed by atoms with van der Waals surface area (Å²) < 4.78 is 0. The third-order valence-corrected chi connectivity index (χ3v) is 4.15. The van der Waals surface area contributed by atoms with Crippen molar-refractivity contribution in [2.24, 2.45) is 17.4 Å². The Morgan fingerprint density at radius 2 is 1.43 bits per heavy atom. The van der Waals surface area contributed by atoms with Gasteiger partial charge in [-0.2, -0.15) is 0 Å². The monoisotopic (exact) mass is 403 g/mol. The summed E-state index contributed by atoms with van der Waals surface area (Å²) in [6, 6.07) is -4.33. The van der Waals surface area contributed by atoms with Crippen LogP contribution < -0.4 is 27.4 Å². The van der Waals surface area contributed by atoms with Gasteiger partial charge in [-0.15, -0.1) is 0 Å². The Bertz CT molecular complexity index is 542. The number of rotatable bonds is 13. The van der Waals surface area contributed by atoms with Crippen LogP contribution in [0.3, 0.4) is 0 Å². The summed E-state index contributed by atoms with van der Waals surface area (Å²) in [5.41, 5.74) is 11.2. The Labute approximate surface area is 164 Å². The van der Waals surface area contributed by atoms with Crippen molar-refractivity contribution in [1.82, 2.24) is 16.0 Å². The van der Waals surface area contributed by atoms with E-state index in [1.165, 1.54) is 6.92 Å². The van der Waals surface area contributed by atoms with E-state index in [-0.39, 0.29) is 12.3 Å². The minimum Gasteiger partial charge on any atom is -0.480 e. The molecule has 0 spiro atoms. The molecule has 0 aromatic carbocycles. The molecule has 0 heterocycles. The molecule has 3 amide bonds. The van der Waals surface area contributed by atoms with E-state index < -0.39 is 54.5 Å². The van der Waals surface area contributed by atoms with Gasteiger partial charge < -0.3 is 37.6 Å². The van der Waals surface area contributed by atoms with Crippen molar-refractivity contribution in [3.63, 3.8) is 0 Å². The first kappa shape index (κ1) is 25.8. The molecule has 0 aromatic heterocycles. The molecule has 4 unspecified atom stereocenters.